The average Bonchev–Trinajstić information content (AvgIpc) is 2.56. The van der Waals surface area contributed by atoms with Crippen molar-refractivity contribution < 1.29 is 15.0 Å². The highest BCUT2D eigenvalue weighted by Gasteiger charge is 2.25. The van der Waals surface area contributed by atoms with Gasteiger partial charge in [-0.05, 0) is 17.0 Å². The SMILES string of the molecule is CC(C)(C)c1ccc(O)c2c(Cl)c(C(=O)O)sc12. The summed E-state index contributed by atoms with van der Waals surface area (Å²) < 4.78 is 0.741. The largest absolute Gasteiger partial charge is 0.507 e. The monoisotopic (exact) mass is 284 g/mol. The fourth-order valence-electron chi connectivity index (χ4n) is 1.88. The Morgan fingerprint density at radius 1 is 1.33 bits per heavy atom. The third-order valence-electron chi connectivity index (χ3n) is 2.76. The van der Waals surface area contributed by atoms with Crippen molar-refractivity contribution in [1.29, 1.82) is 0 Å². The molecule has 2 N–H and O–H groups in total. The van der Waals surface area contributed by atoms with Crippen molar-refractivity contribution in [3.63, 3.8) is 0 Å². The molecule has 5 heteroatoms. The molecule has 96 valence electrons. The summed E-state index contributed by atoms with van der Waals surface area (Å²) in [6, 6.07) is 3.38. The van der Waals surface area contributed by atoms with Crippen molar-refractivity contribution in [2.45, 2.75) is 26.2 Å². The first-order valence-electron chi connectivity index (χ1n) is 5.41. The van der Waals surface area contributed by atoms with Gasteiger partial charge in [0.2, 0.25) is 0 Å². The quantitative estimate of drug-likeness (QED) is 0.823. The Kier molecular flexibility index (Phi) is 3.03. The van der Waals surface area contributed by atoms with Gasteiger partial charge in [0.25, 0.3) is 0 Å². The van der Waals surface area contributed by atoms with E-state index in [0.29, 0.717) is 5.39 Å². The number of phenols is 1. The van der Waals surface area contributed by atoms with E-state index in [1.54, 1.807) is 6.07 Å². The van der Waals surface area contributed by atoms with Gasteiger partial charge < -0.3 is 10.2 Å². The lowest BCUT2D eigenvalue weighted by Crippen LogP contribution is -2.10. The molecular weight excluding hydrogens is 272 g/mol. The molecule has 2 aromatic rings. The smallest absolute Gasteiger partial charge is 0.347 e. The average molecular weight is 285 g/mol. The lowest BCUT2D eigenvalue weighted by atomic mass is 9.86. The molecule has 1 aromatic heterocycles. The van der Waals surface area contributed by atoms with E-state index in [9.17, 15) is 9.90 Å². The number of aromatic hydroxyl groups is 1. The summed E-state index contributed by atoms with van der Waals surface area (Å²) in [4.78, 5) is 11.2. The molecule has 0 aliphatic heterocycles. The molecule has 0 unspecified atom stereocenters. The molecule has 2 rings (SSSR count). The minimum atomic E-state index is -1.07. The van der Waals surface area contributed by atoms with E-state index >= 15 is 0 Å². The molecular formula is C13H13ClO3S. The first kappa shape index (κ1) is 13.2. The van der Waals surface area contributed by atoms with Gasteiger partial charge in [-0.1, -0.05) is 38.4 Å². The molecule has 0 aliphatic carbocycles. The molecule has 1 heterocycles. The van der Waals surface area contributed by atoms with E-state index in [-0.39, 0.29) is 21.1 Å². The van der Waals surface area contributed by atoms with Crippen LogP contribution in [-0.4, -0.2) is 16.2 Å². The fourth-order valence-corrected chi connectivity index (χ4v) is 3.60. The van der Waals surface area contributed by atoms with Crippen LogP contribution in [0.15, 0.2) is 12.1 Å². The normalized spacial score (nSPS) is 12.0. The van der Waals surface area contributed by atoms with Crippen LogP contribution in [-0.2, 0) is 5.41 Å². The lowest BCUT2D eigenvalue weighted by molar-refractivity contribution is 0.0702. The number of hydrogen-bond donors (Lipinski definition) is 2. The first-order valence-corrected chi connectivity index (χ1v) is 6.60. The molecule has 1 aromatic carbocycles. The number of fused-ring (bicyclic) bond motifs is 1. The number of thiophene rings is 1. The third-order valence-corrected chi connectivity index (χ3v) is 4.46. The van der Waals surface area contributed by atoms with Crippen molar-refractivity contribution in [3.8, 4) is 5.75 Å². The maximum Gasteiger partial charge on any atom is 0.347 e. The van der Waals surface area contributed by atoms with Crippen LogP contribution >= 0.6 is 22.9 Å². The highest BCUT2D eigenvalue weighted by molar-refractivity contribution is 7.21. The standard InChI is InChI=1S/C13H13ClO3S/c1-13(2,3)6-4-5-7(15)8-9(14)11(12(16)17)18-10(6)8/h4-5,15H,1-3H3,(H,16,17). The van der Waals surface area contributed by atoms with Gasteiger partial charge in [0.1, 0.15) is 10.6 Å². The molecule has 18 heavy (non-hydrogen) atoms. The number of carboxylic acid groups (broad SMARTS) is 1. The van der Waals surface area contributed by atoms with E-state index in [2.05, 4.69) is 0 Å². The zero-order valence-corrected chi connectivity index (χ0v) is 11.8. The molecule has 0 amide bonds. The Morgan fingerprint density at radius 2 is 1.94 bits per heavy atom. The number of aromatic carboxylic acids is 1. The van der Waals surface area contributed by atoms with Gasteiger partial charge in [-0.15, -0.1) is 11.3 Å². The molecule has 0 aliphatic rings. The van der Waals surface area contributed by atoms with Crippen molar-refractivity contribution in [2.75, 3.05) is 0 Å². The second-order valence-electron chi connectivity index (χ2n) is 5.14. The zero-order chi connectivity index (χ0) is 13.7. The van der Waals surface area contributed by atoms with E-state index in [1.807, 2.05) is 26.8 Å². The zero-order valence-electron chi connectivity index (χ0n) is 10.2. The summed E-state index contributed by atoms with van der Waals surface area (Å²) in [6.07, 6.45) is 0. The van der Waals surface area contributed by atoms with Gasteiger partial charge in [-0.2, -0.15) is 0 Å². The summed E-state index contributed by atoms with van der Waals surface area (Å²) in [7, 11) is 0. The minimum absolute atomic E-state index is 0.0201. The molecule has 0 saturated heterocycles. The minimum Gasteiger partial charge on any atom is -0.507 e. The maximum absolute atomic E-state index is 11.1. The Labute approximate surface area is 114 Å². The maximum atomic E-state index is 11.1. The number of halogens is 1. The Balaban J connectivity index is 2.91. The van der Waals surface area contributed by atoms with Crippen LogP contribution in [0.4, 0.5) is 0 Å². The van der Waals surface area contributed by atoms with Crippen LogP contribution in [0.25, 0.3) is 10.1 Å². The highest BCUT2D eigenvalue weighted by Crippen LogP contribution is 2.44. The molecule has 0 radical (unpaired) electrons. The molecule has 0 bridgehead atoms. The van der Waals surface area contributed by atoms with Crippen LogP contribution in [0, 0.1) is 0 Å². The molecule has 0 atom stereocenters. The summed E-state index contributed by atoms with van der Waals surface area (Å²) in [5.41, 5.74) is 0.838. The van der Waals surface area contributed by atoms with Crippen LogP contribution in [0.5, 0.6) is 5.75 Å². The van der Waals surface area contributed by atoms with Gasteiger partial charge in [-0.25, -0.2) is 4.79 Å². The van der Waals surface area contributed by atoms with Crippen molar-refractivity contribution in [2.24, 2.45) is 0 Å². The molecule has 3 nitrogen and oxygen atoms in total. The topological polar surface area (TPSA) is 57.5 Å². The summed E-state index contributed by atoms with van der Waals surface area (Å²) in [5.74, 6) is -1.05. The van der Waals surface area contributed by atoms with Gasteiger partial charge in [0.15, 0.2) is 0 Å². The number of carboxylic acids is 1. The second kappa shape index (κ2) is 4.14. The van der Waals surface area contributed by atoms with E-state index in [0.717, 1.165) is 21.6 Å². The van der Waals surface area contributed by atoms with Gasteiger partial charge in [0, 0.05) is 4.70 Å². The predicted molar refractivity (Wildman–Crippen MR) is 74.2 cm³/mol. The number of rotatable bonds is 1. The highest BCUT2D eigenvalue weighted by atomic mass is 35.5. The predicted octanol–water partition coefficient (Wildman–Crippen LogP) is 4.26. The van der Waals surface area contributed by atoms with Crippen molar-refractivity contribution in [1.82, 2.24) is 0 Å². The van der Waals surface area contributed by atoms with Gasteiger partial charge in [0.05, 0.1) is 10.4 Å². The molecule has 0 spiro atoms. The van der Waals surface area contributed by atoms with Crippen LogP contribution in [0.1, 0.15) is 36.0 Å². The summed E-state index contributed by atoms with van der Waals surface area (Å²) >= 11 is 7.16. The first-order chi connectivity index (χ1) is 8.23. The number of phenolic OH excluding ortho intramolecular Hbond substituents is 1. The Morgan fingerprint density at radius 3 is 2.44 bits per heavy atom. The van der Waals surface area contributed by atoms with Crippen LogP contribution in [0.2, 0.25) is 5.02 Å². The fraction of sp³-hybridized carbons (Fsp3) is 0.308. The Hall–Kier alpha value is -1.26. The lowest BCUT2D eigenvalue weighted by Gasteiger charge is -2.20. The summed E-state index contributed by atoms with van der Waals surface area (Å²) in [5, 5.41) is 19.5. The van der Waals surface area contributed by atoms with E-state index in [4.69, 9.17) is 16.7 Å². The number of benzene rings is 1. The van der Waals surface area contributed by atoms with E-state index in [1.165, 1.54) is 0 Å². The molecule has 0 fully saturated rings. The van der Waals surface area contributed by atoms with Crippen molar-refractivity contribution >= 4 is 39.0 Å². The van der Waals surface area contributed by atoms with Crippen LogP contribution in [0.3, 0.4) is 0 Å². The summed E-state index contributed by atoms with van der Waals surface area (Å²) in [6.45, 7) is 6.10. The third kappa shape index (κ3) is 1.95. The van der Waals surface area contributed by atoms with Gasteiger partial charge in [-0.3, -0.25) is 0 Å². The Bertz CT molecular complexity index is 638. The second-order valence-corrected chi connectivity index (χ2v) is 6.54. The van der Waals surface area contributed by atoms with Crippen LogP contribution < -0.4 is 0 Å². The number of carbonyl (C=O) groups is 1. The van der Waals surface area contributed by atoms with Crippen molar-refractivity contribution in [3.05, 3.63) is 27.6 Å². The van der Waals surface area contributed by atoms with Gasteiger partial charge >= 0.3 is 5.97 Å². The molecule has 0 saturated carbocycles. The van der Waals surface area contributed by atoms with E-state index < -0.39 is 5.97 Å². The number of hydrogen-bond acceptors (Lipinski definition) is 3.